The zero-order chi connectivity index (χ0) is 10.9. The molecule has 1 N–H and O–H groups in total. The zero-order valence-corrected chi connectivity index (χ0v) is 9.76. The first-order chi connectivity index (χ1) is 6.45. The minimum absolute atomic E-state index is 0.148. The first-order valence-corrected chi connectivity index (χ1v) is 5.44. The topological polar surface area (TPSA) is 38.3 Å². The minimum Gasteiger partial charge on any atom is -0.440 e. The van der Waals surface area contributed by atoms with Gasteiger partial charge in [0.25, 0.3) is 0 Å². The lowest BCUT2D eigenvalue weighted by molar-refractivity contribution is -0.0426. The summed E-state index contributed by atoms with van der Waals surface area (Å²) < 4.78 is 5.53. The highest BCUT2D eigenvalue weighted by Gasteiger charge is 2.52. The molecule has 1 aliphatic heterocycles. The van der Waals surface area contributed by atoms with Crippen LogP contribution in [0.1, 0.15) is 41.0 Å². The molecule has 1 heterocycles. The summed E-state index contributed by atoms with van der Waals surface area (Å²) in [5.74, 6) is 0.679. The second kappa shape index (κ2) is 3.79. The maximum Gasteiger partial charge on any atom is 0.408 e. The van der Waals surface area contributed by atoms with Gasteiger partial charge in [0.15, 0.2) is 0 Å². The Morgan fingerprint density at radius 3 is 2.14 bits per heavy atom. The van der Waals surface area contributed by atoms with Crippen LogP contribution in [0.25, 0.3) is 0 Å². The van der Waals surface area contributed by atoms with Gasteiger partial charge in [0, 0.05) is 0 Å². The summed E-state index contributed by atoms with van der Waals surface area (Å²) in [6, 6.07) is 0.148. The quantitative estimate of drug-likeness (QED) is 0.758. The zero-order valence-electron chi connectivity index (χ0n) is 9.76. The fourth-order valence-corrected chi connectivity index (χ4v) is 2.64. The summed E-state index contributed by atoms with van der Waals surface area (Å²) >= 11 is 0. The van der Waals surface area contributed by atoms with Crippen LogP contribution in [0, 0.1) is 11.8 Å². The summed E-state index contributed by atoms with van der Waals surface area (Å²) in [6.07, 6.45) is 0.654. The van der Waals surface area contributed by atoms with Crippen LogP contribution >= 0.6 is 0 Å². The highest BCUT2D eigenvalue weighted by Crippen LogP contribution is 2.38. The van der Waals surface area contributed by atoms with Crippen molar-refractivity contribution in [2.75, 3.05) is 0 Å². The van der Waals surface area contributed by atoms with Gasteiger partial charge in [-0.3, -0.25) is 0 Å². The molecule has 82 valence electrons. The number of rotatable bonds is 3. The molecule has 1 unspecified atom stereocenters. The van der Waals surface area contributed by atoms with Crippen LogP contribution in [0.15, 0.2) is 0 Å². The van der Waals surface area contributed by atoms with Crippen molar-refractivity contribution in [2.45, 2.75) is 52.7 Å². The maximum atomic E-state index is 11.3. The largest absolute Gasteiger partial charge is 0.440 e. The van der Waals surface area contributed by atoms with E-state index in [4.69, 9.17) is 4.74 Å². The number of nitrogens with one attached hydrogen (secondary N) is 1. The maximum absolute atomic E-state index is 11.3. The molecule has 0 aliphatic carbocycles. The Kier molecular flexibility index (Phi) is 3.07. The highest BCUT2D eigenvalue weighted by atomic mass is 16.6. The van der Waals surface area contributed by atoms with E-state index in [0.717, 1.165) is 6.42 Å². The Bertz CT molecular complexity index is 215. The second-order valence-electron chi connectivity index (χ2n) is 4.66. The SMILES string of the molecule is CCC1NC(=O)OC1(C(C)C)C(C)C. The molecular weight excluding hydrogens is 178 g/mol. The molecule has 3 heteroatoms. The number of hydrogen-bond acceptors (Lipinski definition) is 2. The Morgan fingerprint density at radius 1 is 1.36 bits per heavy atom. The minimum atomic E-state index is -0.328. The number of amides is 1. The third kappa shape index (κ3) is 1.49. The number of carbonyl (C=O) groups is 1. The third-order valence-corrected chi connectivity index (χ3v) is 3.32. The van der Waals surface area contributed by atoms with Crippen molar-refractivity contribution in [1.82, 2.24) is 5.32 Å². The van der Waals surface area contributed by atoms with E-state index in [0.29, 0.717) is 11.8 Å². The van der Waals surface area contributed by atoms with Gasteiger partial charge in [-0.1, -0.05) is 34.6 Å². The van der Waals surface area contributed by atoms with Crippen LogP contribution < -0.4 is 5.32 Å². The van der Waals surface area contributed by atoms with Gasteiger partial charge in [0.2, 0.25) is 0 Å². The molecule has 1 atom stereocenters. The molecule has 1 rings (SSSR count). The van der Waals surface area contributed by atoms with E-state index in [9.17, 15) is 4.79 Å². The van der Waals surface area contributed by atoms with Crippen molar-refractivity contribution in [3.8, 4) is 0 Å². The van der Waals surface area contributed by atoms with Crippen molar-refractivity contribution in [3.63, 3.8) is 0 Å². The summed E-state index contributed by atoms with van der Waals surface area (Å²) in [5.41, 5.74) is -0.328. The van der Waals surface area contributed by atoms with Gasteiger partial charge in [-0.05, 0) is 18.3 Å². The van der Waals surface area contributed by atoms with E-state index in [1.807, 2.05) is 0 Å². The number of cyclic esters (lactones) is 1. The lowest BCUT2D eigenvalue weighted by Crippen LogP contribution is -2.51. The molecule has 0 aromatic rings. The van der Waals surface area contributed by atoms with Gasteiger partial charge in [0.1, 0.15) is 5.60 Å². The summed E-state index contributed by atoms with van der Waals surface area (Å²) in [6.45, 7) is 10.5. The number of carbonyl (C=O) groups excluding carboxylic acids is 1. The lowest BCUT2D eigenvalue weighted by Gasteiger charge is -2.39. The number of ether oxygens (including phenoxy) is 1. The number of alkyl carbamates (subject to hydrolysis) is 1. The molecule has 0 radical (unpaired) electrons. The Labute approximate surface area is 86.2 Å². The predicted octanol–water partition coefficient (Wildman–Crippen LogP) is 2.56. The van der Waals surface area contributed by atoms with E-state index in [-0.39, 0.29) is 17.7 Å². The molecule has 0 saturated carbocycles. The Hall–Kier alpha value is -0.730. The van der Waals surface area contributed by atoms with Crippen molar-refractivity contribution in [3.05, 3.63) is 0 Å². The normalized spacial score (nSPS) is 25.4. The average molecular weight is 199 g/mol. The smallest absolute Gasteiger partial charge is 0.408 e. The standard InChI is InChI=1S/C11H21NO2/c1-6-9-11(7(2)3,8(4)5)14-10(13)12-9/h7-9H,6H2,1-5H3,(H,12,13). The molecular formula is C11H21NO2. The van der Waals surface area contributed by atoms with E-state index < -0.39 is 0 Å². The molecule has 0 aromatic heterocycles. The van der Waals surface area contributed by atoms with Crippen LogP contribution in [-0.2, 0) is 4.74 Å². The first kappa shape index (κ1) is 11.3. The summed E-state index contributed by atoms with van der Waals surface area (Å²) in [7, 11) is 0. The monoisotopic (exact) mass is 199 g/mol. The van der Waals surface area contributed by atoms with Crippen LogP contribution in [0.4, 0.5) is 4.79 Å². The van der Waals surface area contributed by atoms with Crippen molar-refractivity contribution < 1.29 is 9.53 Å². The second-order valence-corrected chi connectivity index (χ2v) is 4.66. The predicted molar refractivity (Wildman–Crippen MR) is 56.1 cm³/mol. The van der Waals surface area contributed by atoms with E-state index in [1.54, 1.807) is 0 Å². The summed E-state index contributed by atoms with van der Waals surface area (Å²) in [4.78, 5) is 11.3. The van der Waals surface area contributed by atoms with Gasteiger partial charge in [-0.25, -0.2) is 4.79 Å². The van der Waals surface area contributed by atoms with Crippen molar-refractivity contribution in [2.24, 2.45) is 11.8 Å². The van der Waals surface area contributed by atoms with E-state index in [2.05, 4.69) is 39.9 Å². The van der Waals surface area contributed by atoms with Crippen LogP contribution in [0.5, 0.6) is 0 Å². The molecule has 3 nitrogen and oxygen atoms in total. The fraction of sp³-hybridized carbons (Fsp3) is 0.909. The van der Waals surface area contributed by atoms with Crippen LogP contribution in [0.2, 0.25) is 0 Å². The molecule has 0 aromatic carbocycles. The van der Waals surface area contributed by atoms with Gasteiger partial charge < -0.3 is 10.1 Å². The molecule has 1 amide bonds. The highest BCUT2D eigenvalue weighted by molar-refractivity contribution is 5.71. The van der Waals surface area contributed by atoms with Gasteiger partial charge in [0.05, 0.1) is 6.04 Å². The Morgan fingerprint density at radius 2 is 1.86 bits per heavy atom. The molecule has 1 fully saturated rings. The van der Waals surface area contributed by atoms with Crippen LogP contribution in [-0.4, -0.2) is 17.7 Å². The molecule has 1 saturated heterocycles. The summed E-state index contributed by atoms with van der Waals surface area (Å²) in [5, 5.41) is 2.90. The van der Waals surface area contributed by atoms with Crippen molar-refractivity contribution >= 4 is 6.09 Å². The average Bonchev–Trinajstić information content (AvgIpc) is 2.43. The van der Waals surface area contributed by atoms with Gasteiger partial charge >= 0.3 is 6.09 Å². The molecule has 0 bridgehead atoms. The fourth-order valence-electron chi connectivity index (χ4n) is 2.64. The first-order valence-electron chi connectivity index (χ1n) is 5.44. The van der Waals surface area contributed by atoms with E-state index >= 15 is 0 Å². The lowest BCUT2D eigenvalue weighted by atomic mass is 9.74. The molecule has 1 aliphatic rings. The van der Waals surface area contributed by atoms with Crippen molar-refractivity contribution in [1.29, 1.82) is 0 Å². The van der Waals surface area contributed by atoms with Crippen LogP contribution in [0.3, 0.4) is 0 Å². The Balaban J connectivity index is 3.01. The third-order valence-electron chi connectivity index (χ3n) is 3.32. The number of hydrogen-bond donors (Lipinski definition) is 1. The van der Waals surface area contributed by atoms with Gasteiger partial charge in [-0.15, -0.1) is 0 Å². The molecule has 14 heavy (non-hydrogen) atoms. The molecule has 0 spiro atoms. The van der Waals surface area contributed by atoms with Gasteiger partial charge in [-0.2, -0.15) is 0 Å². The van der Waals surface area contributed by atoms with E-state index in [1.165, 1.54) is 0 Å².